The summed E-state index contributed by atoms with van der Waals surface area (Å²) in [4.78, 5) is 13.3. The fraction of sp³-hybridized carbons (Fsp3) is 0.400. The maximum absolute atomic E-state index is 11.5. The Hall–Kier alpha value is -1.88. The number of fused-ring (bicyclic) bond motifs is 1. The van der Waals surface area contributed by atoms with Crippen molar-refractivity contribution in [1.29, 1.82) is 0 Å². The van der Waals surface area contributed by atoms with Crippen LogP contribution < -0.4 is 4.74 Å². The van der Waals surface area contributed by atoms with E-state index < -0.39 is 0 Å². The highest BCUT2D eigenvalue weighted by atomic mass is 35.5. The molecule has 1 aliphatic heterocycles. The topological polar surface area (TPSA) is 55.3 Å². The van der Waals surface area contributed by atoms with Crippen molar-refractivity contribution in [2.75, 3.05) is 19.0 Å². The summed E-state index contributed by atoms with van der Waals surface area (Å²) in [7, 11) is 0. The van der Waals surface area contributed by atoms with Crippen molar-refractivity contribution >= 4 is 28.3 Å². The van der Waals surface area contributed by atoms with Gasteiger partial charge in [-0.3, -0.25) is 4.79 Å². The summed E-state index contributed by atoms with van der Waals surface area (Å²) >= 11 is 5.58. The number of piperidine rings is 1. The third kappa shape index (κ3) is 3.08. The number of aromatic nitrogens is 2. The van der Waals surface area contributed by atoms with Crippen molar-refractivity contribution in [3.05, 3.63) is 30.5 Å². The van der Waals surface area contributed by atoms with Gasteiger partial charge in [-0.05, 0) is 6.07 Å². The minimum absolute atomic E-state index is 0.0138. The number of carbonyl (C=O) groups excluding carboxylic acids is 1. The molecule has 6 heteroatoms. The number of carbonyl (C=O) groups is 1. The number of likely N-dealkylation sites (tertiary alicyclic amines) is 1. The van der Waals surface area contributed by atoms with Gasteiger partial charge >= 0.3 is 0 Å². The highest BCUT2D eigenvalue weighted by Crippen LogP contribution is 2.24. The van der Waals surface area contributed by atoms with E-state index >= 15 is 0 Å². The molecular formula is C15H16ClN3O2. The Kier molecular flexibility index (Phi) is 4.20. The van der Waals surface area contributed by atoms with Crippen molar-refractivity contribution in [3.63, 3.8) is 0 Å². The number of rotatable bonds is 3. The lowest BCUT2D eigenvalue weighted by molar-refractivity contribution is -0.130. The van der Waals surface area contributed by atoms with E-state index in [1.807, 2.05) is 24.3 Å². The maximum atomic E-state index is 11.5. The van der Waals surface area contributed by atoms with Crippen LogP contribution in [0, 0.1) is 0 Å². The lowest BCUT2D eigenvalue weighted by Gasteiger charge is -2.31. The van der Waals surface area contributed by atoms with Crippen LogP contribution in [-0.4, -0.2) is 46.1 Å². The van der Waals surface area contributed by atoms with Crippen molar-refractivity contribution in [2.45, 2.75) is 18.9 Å². The summed E-state index contributed by atoms with van der Waals surface area (Å²) in [6.45, 7) is 1.35. The standard InChI is InChI=1S/C15H16ClN3O2/c16-9-14(20)19-7-5-12(6-8-19)21-15-13-4-2-1-3-11(13)10-17-18-15/h1-4,10,12H,5-9H2. The normalized spacial score (nSPS) is 16.1. The number of hydrogen-bond acceptors (Lipinski definition) is 4. The highest BCUT2D eigenvalue weighted by molar-refractivity contribution is 6.27. The highest BCUT2D eigenvalue weighted by Gasteiger charge is 2.24. The Labute approximate surface area is 127 Å². The molecule has 0 aliphatic carbocycles. The molecule has 0 saturated carbocycles. The predicted octanol–water partition coefficient (Wildman–Crippen LogP) is 2.24. The summed E-state index contributed by atoms with van der Waals surface area (Å²) in [6, 6.07) is 7.88. The number of nitrogens with zero attached hydrogens (tertiary/aromatic N) is 3. The Morgan fingerprint density at radius 1 is 1.33 bits per heavy atom. The molecule has 0 unspecified atom stereocenters. The van der Waals surface area contributed by atoms with Crippen LogP contribution in [0.4, 0.5) is 0 Å². The van der Waals surface area contributed by atoms with Gasteiger partial charge in [-0.1, -0.05) is 18.2 Å². The number of benzene rings is 1. The fourth-order valence-electron chi connectivity index (χ4n) is 2.55. The molecule has 1 fully saturated rings. The monoisotopic (exact) mass is 305 g/mol. The zero-order valence-electron chi connectivity index (χ0n) is 11.5. The quantitative estimate of drug-likeness (QED) is 0.816. The molecule has 0 N–H and O–H groups in total. The summed E-state index contributed by atoms with van der Waals surface area (Å²) < 4.78 is 5.99. The first-order valence-corrected chi connectivity index (χ1v) is 7.52. The predicted molar refractivity (Wildman–Crippen MR) is 80.5 cm³/mol. The second-order valence-corrected chi connectivity index (χ2v) is 5.34. The van der Waals surface area contributed by atoms with E-state index in [1.54, 1.807) is 11.1 Å². The van der Waals surface area contributed by atoms with Crippen molar-refractivity contribution in [3.8, 4) is 5.88 Å². The number of alkyl halides is 1. The Balaban J connectivity index is 1.69. The first-order valence-electron chi connectivity index (χ1n) is 6.99. The van der Waals surface area contributed by atoms with Gasteiger partial charge in [0.25, 0.3) is 0 Å². The van der Waals surface area contributed by atoms with E-state index in [0.29, 0.717) is 19.0 Å². The Morgan fingerprint density at radius 3 is 2.86 bits per heavy atom. The van der Waals surface area contributed by atoms with E-state index in [2.05, 4.69) is 10.2 Å². The SMILES string of the molecule is O=C(CCl)N1CCC(Oc2nncc3ccccc23)CC1. The zero-order chi connectivity index (χ0) is 14.7. The molecule has 5 nitrogen and oxygen atoms in total. The lowest BCUT2D eigenvalue weighted by Crippen LogP contribution is -2.42. The summed E-state index contributed by atoms with van der Waals surface area (Å²) in [5, 5.41) is 10.1. The van der Waals surface area contributed by atoms with E-state index in [9.17, 15) is 4.79 Å². The van der Waals surface area contributed by atoms with Crippen LogP contribution in [0.25, 0.3) is 10.8 Å². The van der Waals surface area contributed by atoms with Gasteiger partial charge in [0.2, 0.25) is 11.8 Å². The van der Waals surface area contributed by atoms with Crippen LogP contribution in [0.5, 0.6) is 5.88 Å². The first kappa shape index (κ1) is 14.1. The summed E-state index contributed by atoms with van der Waals surface area (Å²) in [5.41, 5.74) is 0. The third-order valence-corrected chi connectivity index (χ3v) is 3.95. The van der Waals surface area contributed by atoms with Crippen molar-refractivity contribution in [1.82, 2.24) is 15.1 Å². The molecule has 1 aliphatic rings. The van der Waals surface area contributed by atoms with Gasteiger partial charge in [-0.25, -0.2) is 0 Å². The molecule has 1 aromatic carbocycles. The Morgan fingerprint density at radius 2 is 2.10 bits per heavy atom. The van der Waals surface area contributed by atoms with Gasteiger partial charge in [0.15, 0.2) is 0 Å². The molecule has 2 aromatic rings. The molecule has 0 atom stereocenters. The number of hydrogen-bond donors (Lipinski definition) is 0. The summed E-state index contributed by atoms with van der Waals surface area (Å²) in [6.07, 6.45) is 3.36. The number of halogens is 1. The van der Waals surface area contributed by atoms with Crippen LogP contribution in [-0.2, 0) is 4.79 Å². The average molecular weight is 306 g/mol. The lowest BCUT2D eigenvalue weighted by atomic mass is 10.1. The van der Waals surface area contributed by atoms with Gasteiger partial charge in [0.1, 0.15) is 12.0 Å². The smallest absolute Gasteiger partial charge is 0.241 e. The molecule has 3 rings (SSSR count). The van der Waals surface area contributed by atoms with E-state index in [0.717, 1.165) is 23.6 Å². The third-order valence-electron chi connectivity index (χ3n) is 3.72. The largest absolute Gasteiger partial charge is 0.473 e. The van der Waals surface area contributed by atoms with Crippen LogP contribution in [0.1, 0.15) is 12.8 Å². The Bertz CT molecular complexity index is 636. The van der Waals surface area contributed by atoms with Crippen molar-refractivity contribution < 1.29 is 9.53 Å². The second kappa shape index (κ2) is 6.26. The molecular weight excluding hydrogens is 290 g/mol. The number of ether oxygens (including phenoxy) is 1. The molecule has 110 valence electrons. The van der Waals surface area contributed by atoms with Gasteiger partial charge in [-0.2, -0.15) is 5.10 Å². The molecule has 1 aromatic heterocycles. The van der Waals surface area contributed by atoms with Gasteiger partial charge in [0, 0.05) is 36.7 Å². The van der Waals surface area contributed by atoms with E-state index in [-0.39, 0.29) is 17.9 Å². The van der Waals surface area contributed by atoms with Crippen LogP contribution >= 0.6 is 11.6 Å². The maximum Gasteiger partial charge on any atom is 0.241 e. The zero-order valence-corrected chi connectivity index (χ0v) is 12.3. The van der Waals surface area contributed by atoms with Crippen molar-refractivity contribution in [2.24, 2.45) is 0 Å². The molecule has 21 heavy (non-hydrogen) atoms. The number of amides is 1. The minimum atomic E-state index is -0.0138. The fourth-order valence-corrected chi connectivity index (χ4v) is 2.72. The average Bonchev–Trinajstić information content (AvgIpc) is 2.55. The molecule has 2 heterocycles. The molecule has 0 bridgehead atoms. The summed E-state index contributed by atoms with van der Waals surface area (Å²) in [5.74, 6) is 0.593. The second-order valence-electron chi connectivity index (χ2n) is 5.07. The van der Waals surface area contributed by atoms with Gasteiger partial charge in [-0.15, -0.1) is 16.7 Å². The molecule has 1 saturated heterocycles. The molecule has 0 spiro atoms. The van der Waals surface area contributed by atoms with Crippen LogP contribution in [0.15, 0.2) is 30.5 Å². The van der Waals surface area contributed by atoms with E-state index in [1.165, 1.54) is 0 Å². The van der Waals surface area contributed by atoms with E-state index in [4.69, 9.17) is 16.3 Å². The van der Waals surface area contributed by atoms with Crippen LogP contribution in [0.2, 0.25) is 0 Å². The first-order chi connectivity index (χ1) is 10.3. The molecule has 0 radical (unpaired) electrons. The minimum Gasteiger partial charge on any atom is -0.473 e. The molecule has 1 amide bonds. The van der Waals surface area contributed by atoms with Gasteiger partial charge in [0.05, 0.1) is 6.20 Å². The van der Waals surface area contributed by atoms with Crippen LogP contribution in [0.3, 0.4) is 0 Å². The van der Waals surface area contributed by atoms with Gasteiger partial charge < -0.3 is 9.64 Å².